The summed E-state index contributed by atoms with van der Waals surface area (Å²) in [5, 5.41) is 144. The normalized spacial score (nSPS) is 45.8. The molecule has 0 amide bonds. The Morgan fingerprint density at radius 3 is 1.81 bits per heavy atom. The van der Waals surface area contributed by atoms with Crippen molar-refractivity contribution in [1.82, 2.24) is 0 Å². The number of ether oxygens (including phenoxy) is 9. The summed E-state index contributed by atoms with van der Waals surface area (Å²) in [5.74, 6) is -0.943. The van der Waals surface area contributed by atoms with E-state index in [1.165, 1.54) is 6.92 Å². The van der Waals surface area contributed by atoms with Gasteiger partial charge >= 0.3 is 0 Å². The Kier molecular flexibility index (Phi) is 17.3. The van der Waals surface area contributed by atoms with Gasteiger partial charge in [-0.15, -0.1) is 0 Å². The van der Waals surface area contributed by atoms with Gasteiger partial charge in [0.2, 0.25) is 0 Å². The van der Waals surface area contributed by atoms with Crippen LogP contribution in [0.3, 0.4) is 0 Å². The summed E-state index contributed by atoms with van der Waals surface area (Å²) >= 11 is 0. The minimum Gasteiger partial charge on any atom is -0.394 e. The first-order valence-corrected chi connectivity index (χ1v) is 17.1. The molecule has 4 heterocycles. The van der Waals surface area contributed by atoms with E-state index in [1.807, 2.05) is 0 Å². The first-order valence-electron chi connectivity index (χ1n) is 17.1. The van der Waals surface area contributed by atoms with E-state index in [9.17, 15) is 66.4 Å². The van der Waals surface area contributed by atoms with E-state index in [4.69, 9.17) is 47.7 Å². The minimum atomic E-state index is -1.93. The van der Waals surface area contributed by atoms with Crippen molar-refractivity contribution in [1.29, 1.82) is 0 Å². The van der Waals surface area contributed by atoms with Crippen LogP contribution in [-0.2, 0) is 42.6 Å². The van der Waals surface area contributed by atoms with Crippen molar-refractivity contribution in [2.45, 2.75) is 130 Å². The summed E-state index contributed by atoms with van der Waals surface area (Å²) in [4.78, 5) is 0. The van der Waals surface area contributed by atoms with E-state index in [1.54, 1.807) is 0 Å². The largest absolute Gasteiger partial charge is 0.394 e. The first-order chi connectivity index (χ1) is 25.2. The molecule has 0 aliphatic carbocycles. The van der Waals surface area contributed by atoms with Crippen LogP contribution in [0.4, 0.5) is 0 Å². The second-order valence-corrected chi connectivity index (χ2v) is 13.3. The zero-order valence-electron chi connectivity index (χ0n) is 28.7. The molecule has 4 aliphatic rings. The Balaban J connectivity index is 1.55. The zero-order chi connectivity index (χ0) is 39.1. The van der Waals surface area contributed by atoms with Crippen LogP contribution in [0.2, 0.25) is 0 Å². The highest BCUT2D eigenvalue weighted by atomic mass is 16.8. The van der Waals surface area contributed by atoms with Crippen LogP contribution in [0, 0.1) is 5.92 Å². The molecule has 21 unspecified atom stereocenters. The van der Waals surface area contributed by atoms with Crippen LogP contribution in [0.1, 0.15) is 6.92 Å². The number of hydrogen-bond acceptors (Lipinski definition) is 23. The highest BCUT2D eigenvalue weighted by Gasteiger charge is 2.55. The van der Waals surface area contributed by atoms with Gasteiger partial charge < -0.3 is 114 Å². The molecule has 4 fully saturated rings. The second kappa shape index (κ2) is 20.5. The summed E-state index contributed by atoms with van der Waals surface area (Å²) in [5.41, 5.74) is 0. The molecule has 0 aromatic heterocycles. The maximum absolute atomic E-state index is 11.3. The van der Waals surface area contributed by atoms with Gasteiger partial charge in [-0.1, -0.05) is 6.92 Å². The van der Waals surface area contributed by atoms with Crippen molar-refractivity contribution >= 4 is 0 Å². The lowest BCUT2D eigenvalue weighted by Gasteiger charge is -2.50. The van der Waals surface area contributed by atoms with Crippen LogP contribution in [0.5, 0.6) is 0 Å². The van der Waals surface area contributed by atoms with Crippen molar-refractivity contribution in [2.75, 3.05) is 53.0 Å². The van der Waals surface area contributed by atoms with E-state index >= 15 is 0 Å². The van der Waals surface area contributed by atoms with Crippen molar-refractivity contribution in [3.8, 4) is 0 Å². The van der Waals surface area contributed by atoms with Gasteiger partial charge in [0.05, 0.1) is 52.4 Å². The molecule has 53 heavy (non-hydrogen) atoms. The summed E-state index contributed by atoms with van der Waals surface area (Å²) in [6, 6.07) is 0. The maximum atomic E-state index is 11.3. The summed E-state index contributed by atoms with van der Waals surface area (Å²) < 4.78 is 50.8. The van der Waals surface area contributed by atoms with Gasteiger partial charge in [0.15, 0.2) is 18.9 Å². The van der Waals surface area contributed by atoms with Gasteiger partial charge in [-0.25, -0.2) is 0 Å². The van der Waals surface area contributed by atoms with Gasteiger partial charge in [0.25, 0.3) is 0 Å². The third kappa shape index (κ3) is 10.3. The lowest BCUT2D eigenvalue weighted by molar-refractivity contribution is -0.397. The molecule has 23 heteroatoms. The van der Waals surface area contributed by atoms with E-state index < -0.39 is 175 Å². The Bertz CT molecular complexity index is 1060. The minimum absolute atomic E-state index is 0.362. The predicted molar refractivity (Wildman–Crippen MR) is 165 cm³/mol. The Morgan fingerprint density at radius 1 is 0.585 bits per heavy atom. The van der Waals surface area contributed by atoms with Crippen molar-refractivity contribution < 1.29 is 114 Å². The van der Waals surface area contributed by atoms with Crippen molar-refractivity contribution in [2.24, 2.45) is 5.92 Å². The fourth-order valence-corrected chi connectivity index (χ4v) is 6.34. The third-order valence-corrected chi connectivity index (χ3v) is 9.80. The maximum Gasteiger partial charge on any atom is 0.187 e. The molecule has 0 aromatic carbocycles. The van der Waals surface area contributed by atoms with Crippen LogP contribution in [0.15, 0.2) is 0 Å². The molecule has 23 nitrogen and oxygen atoms in total. The van der Waals surface area contributed by atoms with Crippen LogP contribution in [0.25, 0.3) is 0 Å². The number of hydrogen-bond donors (Lipinski definition) is 14. The smallest absolute Gasteiger partial charge is 0.187 e. The standard InChI is InChI=1S/C30H54O23/c1-10-18(38)14(4-33)49-29(19(10)39)53-27-26(23(43)15(5-34)50-30(27)51-25-16(6-35)45-7-12(37)21(25)41)52-28-24(44)22(42)17(8-46-28)48-9-47-13(3-32)20(40)11(36)2-31/h10-44H,2-9H2,1H3. The molecular weight excluding hydrogens is 728 g/mol. The van der Waals surface area contributed by atoms with Crippen LogP contribution >= 0.6 is 0 Å². The lowest BCUT2D eigenvalue weighted by Crippen LogP contribution is -2.67. The van der Waals surface area contributed by atoms with E-state index in [-0.39, 0.29) is 6.61 Å². The van der Waals surface area contributed by atoms with Crippen molar-refractivity contribution in [3.63, 3.8) is 0 Å². The molecule has 0 aromatic rings. The fourth-order valence-electron chi connectivity index (χ4n) is 6.34. The van der Waals surface area contributed by atoms with Crippen LogP contribution < -0.4 is 0 Å². The van der Waals surface area contributed by atoms with E-state index in [2.05, 4.69) is 0 Å². The average Bonchev–Trinajstić information content (AvgIpc) is 3.16. The topological polar surface area (TPSA) is 366 Å². The second-order valence-electron chi connectivity index (χ2n) is 13.3. The molecular formula is C30H54O23. The Hall–Kier alpha value is -0.920. The molecule has 0 radical (unpaired) electrons. The molecule has 0 bridgehead atoms. The Morgan fingerprint density at radius 2 is 1.19 bits per heavy atom. The van der Waals surface area contributed by atoms with Gasteiger partial charge in [0, 0.05) is 5.92 Å². The van der Waals surface area contributed by atoms with E-state index in [0.29, 0.717) is 0 Å². The monoisotopic (exact) mass is 782 g/mol. The molecule has 312 valence electrons. The van der Waals surface area contributed by atoms with Gasteiger partial charge in [-0.05, 0) is 0 Å². The predicted octanol–water partition coefficient (Wildman–Crippen LogP) is -9.08. The van der Waals surface area contributed by atoms with E-state index in [0.717, 1.165) is 0 Å². The summed E-state index contributed by atoms with van der Waals surface area (Å²) in [6.07, 6.45) is -31.9. The molecule has 4 saturated heterocycles. The quantitative estimate of drug-likeness (QED) is 0.0609. The van der Waals surface area contributed by atoms with Gasteiger partial charge in [-0.2, -0.15) is 0 Å². The highest BCUT2D eigenvalue weighted by molar-refractivity contribution is 4.97. The third-order valence-electron chi connectivity index (χ3n) is 9.80. The molecule has 0 saturated carbocycles. The molecule has 0 spiro atoms. The molecule has 21 atom stereocenters. The number of aliphatic hydroxyl groups is 14. The fraction of sp³-hybridized carbons (Fsp3) is 1.00. The zero-order valence-corrected chi connectivity index (χ0v) is 28.7. The van der Waals surface area contributed by atoms with Gasteiger partial charge in [0.1, 0.15) is 104 Å². The summed E-state index contributed by atoms with van der Waals surface area (Å²) in [6.45, 7) is -3.98. The number of aliphatic hydroxyl groups excluding tert-OH is 14. The van der Waals surface area contributed by atoms with Gasteiger partial charge in [-0.3, -0.25) is 0 Å². The molecule has 4 rings (SSSR count). The summed E-state index contributed by atoms with van der Waals surface area (Å²) in [7, 11) is 0. The lowest BCUT2D eigenvalue weighted by atomic mass is 9.90. The van der Waals surface area contributed by atoms with Crippen LogP contribution in [-0.4, -0.2) is 247 Å². The Labute approximate surface area is 302 Å². The van der Waals surface area contributed by atoms with Crippen molar-refractivity contribution in [3.05, 3.63) is 0 Å². The number of rotatable bonds is 17. The average molecular weight is 783 g/mol. The molecule has 4 aliphatic heterocycles. The first kappa shape index (κ1) is 44.8. The molecule has 14 N–H and O–H groups in total. The SMILES string of the molecule is CC1C(O)C(CO)OC(OC2C(OC3C(CO)OCC(O)C3O)OC(CO)C(O)C2OC2OCC(OCOC(CO)C(O)C(O)CO)C(O)C2O)C1O. The highest BCUT2D eigenvalue weighted by Crippen LogP contribution is 2.36.